The van der Waals surface area contributed by atoms with E-state index in [0.717, 1.165) is 0 Å². The average molecular weight is 302 g/mol. The predicted molar refractivity (Wildman–Crippen MR) is 69.7 cm³/mol. The number of hydrogen-bond donors (Lipinski definition) is 1. The molecule has 7 heteroatoms. The Hall–Kier alpha value is -1.63. The van der Waals surface area contributed by atoms with Crippen molar-refractivity contribution in [3.8, 4) is 0 Å². The number of nitrogens with zero attached hydrogens (tertiary/aromatic N) is 2. The Morgan fingerprint density at radius 3 is 2.52 bits per heavy atom. The van der Waals surface area contributed by atoms with Gasteiger partial charge in [-0.05, 0) is 37.8 Å². The molecule has 1 N–H and O–H groups in total. The van der Waals surface area contributed by atoms with Crippen molar-refractivity contribution in [2.24, 2.45) is 5.92 Å². The van der Waals surface area contributed by atoms with Crippen LogP contribution in [0, 0.1) is 12.8 Å². The van der Waals surface area contributed by atoms with Gasteiger partial charge in [0.15, 0.2) is 6.10 Å². The molecule has 0 saturated carbocycles. The van der Waals surface area contributed by atoms with Gasteiger partial charge in [-0.15, -0.1) is 0 Å². The molecule has 1 atom stereocenters. The second kappa shape index (κ2) is 6.01. The third-order valence-corrected chi connectivity index (χ3v) is 3.72. The molecule has 21 heavy (non-hydrogen) atoms. The van der Waals surface area contributed by atoms with Gasteiger partial charge in [0.25, 0.3) is 5.91 Å². The highest BCUT2D eigenvalue weighted by Gasteiger charge is 2.44. The summed E-state index contributed by atoms with van der Waals surface area (Å²) in [5.74, 6) is -1.13. The molecule has 1 fully saturated rings. The molecule has 1 unspecified atom stereocenters. The number of carbonyl (C=O) groups excluding carboxylic acids is 1. The van der Waals surface area contributed by atoms with Gasteiger partial charge < -0.3 is 10.0 Å². The van der Waals surface area contributed by atoms with Crippen molar-refractivity contribution in [1.82, 2.24) is 9.88 Å². The molecule has 1 saturated heterocycles. The van der Waals surface area contributed by atoms with Crippen molar-refractivity contribution < 1.29 is 23.1 Å². The molecule has 0 radical (unpaired) electrons. The van der Waals surface area contributed by atoms with Gasteiger partial charge in [0.1, 0.15) is 5.69 Å². The maximum absolute atomic E-state index is 12.5. The summed E-state index contributed by atoms with van der Waals surface area (Å²) in [6.07, 6.45) is -6.64. The number of pyridine rings is 1. The van der Waals surface area contributed by atoms with E-state index in [2.05, 4.69) is 4.98 Å². The van der Waals surface area contributed by atoms with E-state index in [1.165, 1.54) is 4.90 Å². The van der Waals surface area contributed by atoms with Gasteiger partial charge >= 0.3 is 6.18 Å². The number of alkyl halides is 3. The van der Waals surface area contributed by atoms with Gasteiger partial charge in [0, 0.05) is 18.8 Å². The highest BCUT2D eigenvalue weighted by Crippen LogP contribution is 2.31. The smallest absolute Gasteiger partial charge is 0.383 e. The summed E-state index contributed by atoms with van der Waals surface area (Å²) in [5.41, 5.74) is 1.01. The van der Waals surface area contributed by atoms with Crippen molar-refractivity contribution in [3.63, 3.8) is 0 Å². The van der Waals surface area contributed by atoms with Crippen LogP contribution in [0.3, 0.4) is 0 Å². The van der Waals surface area contributed by atoms with Crippen molar-refractivity contribution >= 4 is 5.91 Å². The number of rotatable bonds is 2. The van der Waals surface area contributed by atoms with E-state index in [9.17, 15) is 23.1 Å². The molecular weight excluding hydrogens is 285 g/mol. The fourth-order valence-electron chi connectivity index (χ4n) is 2.51. The molecule has 1 aliphatic rings. The summed E-state index contributed by atoms with van der Waals surface area (Å²) in [4.78, 5) is 17.8. The van der Waals surface area contributed by atoms with Crippen LogP contribution in [0.15, 0.2) is 18.2 Å². The Balaban J connectivity index is 1.96. The molecule has 1 aromatic rings. The zero-order chi connectivity index (χ0) is 15.6. The number of aliphatic hydroxyl groups is 1. The predicted octanol–water partition coefficient (Wildman–Crippen LogP) is 2.17. The van der Waals surface area contributed by atoms with Gasteiger partial charge in [-0.2, -0.15) is 13.2 Å². The molecule has 2 heterocycles. The molecule has 1 amide bonds. The monoisotopic (exact) mass is 302 g/mol. The molecule has 0 bridgehead atoms. The minimum atomic E-state index is -4.60. The summed E-state index contributed by atoms with van der Waals surface area (Å²) >= 11 is 0. The summed E-state index contributed by atoms with van der Waals surface area (Å²) in [6.45, 7) is 2.17. The summed E-state index contributed by atoms with van der Waals surface area (Å²) < 4.78 is 37.4. The normalized spacial score (nSPS) is 18.6. The first-order chi connectivity index (χ1) is 9.79. The van der Waals surface area contributed by atoms with Crippen LogP contribution in [0.1, 0.15) is 29.0 Å². The largest absolute Gasteiger partial charge is 0.414 e. The van der Waals surface area contributed by atoms with Gasteiger partial charge in [-0.25, -0.2) is 4.98 Å². The minimum Gasteiger partial charge on any atom is -0.383 e. The number of aryl methyl sites for hydroxylation is 1. The Morgan fingerprint density at radius 1 is 1.38 bits per heavy atom. The average Bonchev–Trinajstić information content (AvgIpc) is 2.45. The quantitative estimate of drug-likeness (QED) is 0.911. The lowest BCUT2D eigenvalue weighted by atomic mass is 9.91. The summed E-state index contributed by atoms with van der Waals surface area (Å²) in [6, 6.07) is 5.07. The molecule has 0 aliphatic carbocycles. The SMILES string of the molecule is Cc1cccc(C(=O)N2CCC(C(O)C(F)(F)F)CC2)n1. The second-order valence-electron chi connectivity index (χ2n) is 5.28. The molecule has 1 aromatic heterocycles. The van der Waals surface area contributed by atoms with E-state index in [4.69, 9.17) is 0 Å². The number of amides is 1. The molecule has 0 aromatic carbocycles. The standard InChI is InChI=1S/C14H17F3N2O2/c1-9-3-2-4-11(18-9)13(21)19-7-5-10(6-8-19)12(20)14(15,16)17/h2-4,10,12,20H,5-8H2,1H3. The molecule has 0 spiro atoms. The summed E-state index contributed by atoms with van der Waals surface area (Å²) in [7, 11) is 0. The van der Waals surface area contributed by atoms with Crippen LogP contribution < -0.4 is 0 Å². The van der Waals surface area contributed by atoms with E-state index < -0.39 is 18.2 Å². The highest BCUT2D eigenvalue weighted by atomic mass is 19.4. The fraction of sp³-hybridized carbons (Fsp3) is 0.571. The first-order valence-electron chi connectivity index (χ1n) is 6.77. The number of halogens is 3. The summed E-state index contributed by atoms with van der Waals surface area (Å²) in [5, 5.41) is 9.25. The molecule has 1 aliphatic heterocycles. The molecule has 4 nitrogen and oxygen atoms in total. The van der Waals surface area contributed by atoms with Crippen LogP contribution in [0.5, 0.6) is 0 Å². The Morgan fingerprint density at radius 2 is 2.00 bits per heavy atom. The van der Waals surface area contributed by atoms with Gasteiger partial charge in [0.05, 0.1) is 0 Å². The van der Waals surface area contributed by atoms with Gasteiger partial charge in [-0.1, -0.05) is 6.07 Å². The third kappa shape index (κ3) is 3.72. The van der Waals surface area contributed by atoms with Crippen LogP contribution in [-0.4, -0.2) is 46.3 Å². The lowest BCUT2D eigenvalue weighted by Gasteiger charge is -2.34. The van der Waals surface area contributed by atoms with Crippen molar-refractivity contribution in [3.05, 3.63) is 29.6 Å². The van der Waals surface area contributed by atoms with E-state index in [1.807, 2.05) is 0 Å². The van der Waals surface area contributed by atoms with Crippen molar-refractivity contribution in [2.75, 3.05) is 13.1 Å². The number of hydrogen-bond acceptors (Lipinski definition) is 3. The third-order valence-electron chi connectivity index (χ3n) is 3.72. The fourth-order valence-corrected chi connectivity index (χ4v) is 2.51. The van der Waals surface area contributed by atoms with Crippen LogP contribution in [0.2, 0.25) is 0 Å². The number of piperidine rings is 1. The van der Waals surface area contributed by atoms with Crippen LogP contribution in [0.4, 0.5) is 13.2 Å². The number of aliphatic hydroxyl groups excluding tert-OH is 1. The van der Waals surface area contributed by atoms with Crippen LogP contribution >= 0.6 is 0 Å². The maximum Gasteiger partial charge on any atom is 0.414 e. The first kappa shape index (κ1) is 15.8. The lowest BCUT2D eigenvalue weighted by Crippen LogP contribution is -2.45. The molecule has 2 rings (SSSR count). The second-order valence-corrected chi connectivity index (χ2v) is 5.28. The van der Waals surface area contributed by atoms with Crippen LogP contribution in [-0.2, 0) is 0 Å². The Labute approximate surface area is 120 Å². The molecule has 116 valence electrons. The number of carbonyl (C=O) groups is 1. The van der Waals surface area contributed by atoms with Crippen LogP contribution in [0.25, 0.3) is 0 Å². The Kier molecular flexibility index (Phi) is 4.51. The van der Waals surface area contributed by atoms with Gasteiger partial charge in [0.2, 0.25) is 0 Å². The van der Waals surface area contributed by atoms with E-state index >= 15 is 0 Å². The molecular formula is C14H17F3N2O2. The lowest BCUT2D eigenvalue weighted by molar-refractivity contribution is -0.222. The van der Waals surface area contributed by atoms with E-state index in [0.29, 0.717) is 11.4 Å². The maximum atomic E-state index is 12.5. The zero-order valence-corrected chi connectivity index (χ0v) is 11.6. The van der Waals surface area contributed by atoms with Crippen molar-refractivity contribution in [1.29, 1.82) is 0 Å². The number of likely N-dealkylation sites (tertiary alicyclic amines) is 1. The van der Waals surface area contributed by atoms with Gasteiger partial charge in [-0.3, -0.25) is 4.79 Å². The zero-order valence-electron chi connectivity index (χ0n) is 11.6. The van der Waals surface area contributed by atoms with E-state index in [1.54, 1.807) is 25.1 Å². The topological polar surface area (TPSA) is 53.4 Å². The highest BCUT2D eigenvalue weighted by molar-refractivity contribution is 5.92. The van der Waals surface area contributed by atoms with E-state index in [-0.39, 0.29) is 31.8 Å². The Bertz CT molecular complexity index is 511. The number of aromatic nitrogens is 1. The first-order valence-corrected chi connectivity index (χ1v) is 6.77. The minimum absolute atomic E-state index is 0.137. The van der Waals surface area contributed by atoms with Crippen molar-refractivity contribution in [2.45, 2.75) is 32.0 Å².